The van der Waals surface area contributed by atoms with Crippen LogP contribution in [0.5, 0.6) is 0 Å². The van der Waals surface area contributed by atoms with Gasteiger partial charge in [0.05, 0.1) is 5.56 Å². The fraction of sp³-hybridized carbons (Fsp3) is 0.409. The van der Waals surface area contributed by atoms with Crippen LogP contribution in [0.1, 0.15) is 24.0 Å². The van der Waals surface area contributed by atoms with Gasteiger partial charge in [-0.25, -0.2) is 9.97 Å². The van der Waals surface area contributed by atoms with Gasteiger partial charge in [-0.15, -0.1) is 0 Å². The molecule has 0 aliphatic carbocycles. The highest BCUT2D eigenvalue weighted by Gasteiger charge is 2.21. The molecule has 0 spiro atoms. The standard InChI is InChI=1S/C22H29N7O/c1-28-9-8-17(19-4-2-3-5-20(19)28)13-24-12-16-6-10-29(11-7-16)22-25-14-18(15-26-22)21(23)27-30/h2-5,8,14-16,24,30H,6-7,9-13H2,1H3,(H2,23,27). The highest BCUT2D eigenvalue weighted by molar-refractivity contribution is 5.96. The van der Waals surface area contributed by atoms with Gasteiger partial charge in [0.25, 0.3) is 0 Å². The Hall–Kier alpha value is -3.13. The van der Waals surface area contributed by atoms with Gasteiger partial charge in [-0.2, -0.15) is 0 Å². The zero-order chi connectivity index (χ0) is 20.9. The number of hydrogen-bond acceptors (Lipinski definition) is 7. The minimum absolute atomic E-state index is 0.0219. The molecule has 8 heteroatoms. The normalized spacial score (nSPS) is 17.6. The average molecular weight is 408 g/mol. The summed E-state index contributed by atoms with van der Waals surface area (Å²) in [6, 6.07) is 8.62. The van der Waals surface area contributed by atoms with E-state index in [2.05, 4.69) is 67.6 Å². The van der Waals surface area contributed by atoms with Crippen LogP contribution >= 0.6 is 0 Å². The summed E-state index contributed by atoms with van der Waals surface area (Å²) in [6.45, 7) is 4.76. The van der Waals surface area contributed by atoms with E-state index in [9.17, 15) is 0 Å². The summed E-state index contributed by atoms with van der Waals surface area (Å²) in [5, 5.41) is 15.4. The molecule has 0 atom stereocenters. The number of piperidine rings is 1. The molecule has 30 heavy (non-hydrogen) atoms. The van der Waals surface area contributed by atoms with Crippen molar-refractivity contribution in [1.82, 2.24) is 15.3 Å². The van der Waals surface area contributed by atoms with Crippen LogP contribution in [0.4, 0.5) is 11.6 Å². The number of anilines is 2. The molecule has 2 aliphatic rings. The fourth-order valence-electron chi connectivity index (χ4n) is 4.12. The molecule has 2 aliphatic heterocycles. The van der Waals surface area contributed by atoms with Gasteiger partial charge in [-0.05, 0) is 36.9 Å². The minimum Gasteiger partial charge on any atom is -0.409 e. The summed E-state index contributed by atoms with van der Waals surface area (Å²) in [5.74, 6) is 1.37. The average Bonchev–Trinajstić information content (AvgIpc) is 2.81. The molecule has 1 aromatic heterocycles. The second-order valence-electron chi connectivity index (χ2n) is 7.95. The number of amidine groups is 1. The lowest BCUT2D eigenvalue weighted by Crippen LogP contribution is -2.38. The summed E-state index contributed by atoms with van der Waals surface area (Å²) in [4.78, 5) is 13.2. The monoisotopic (exact) mass is 407 g/mol. The summed E-state index contributed by atoms with van der Waals surface area (Å²) in [6.07, 6.45) is 7.73. The van der Waals surface area contributed by atoms with Gasteiger partial charge in [-0.1, -0.05) is 29.4 Å². The van der Waals surface area contributed by atoms with Gasteiger partial charge in [0.1, 0.15) is 0 Å². The summed E-state index contributed by atoms with van der Waals surface area (Å²) < 4.78 is 0. The van der Waals surface area contributed by atoms with Gasteiger partial charge < -0.3 is 26.1 Å². The number of nitrogens with zero attached hydrogens (tertiary/aromatic N) is 5. The molecular weight excluding hydrogens is 378 g/mol. The Morgan fingerprint density at radius 3 is 2.70 bits per heavy atom. The molecule has 0 unspecified atom stereocenters. The third kappa shape index (κ3) is 4.38. The van der Waals surface area contributed by atoms with Crippen LogP contribution in [0.2, 0.25) is 0 Å². The molecule has 0 radical (unpaired) electrons. The fourth-order valence-corrected chi connectivity index (χ4v) is 4.12. The minimum atomic E-state index is 0.0219. The molecule has 3 heterocycles. The first kappa shape index (κ1) is 20.2. The number of nitrogens with two attached hydrogens (primary N) is 1. The lowest BCUT2D eigenvalue weighted by molar-refractivity contribution is 0.318. The van der Waals surface area contributed by atoms with Crippen molar-refractivity contribution in [2.24, 2.45) is 16.8 Å². The molecule has 1 fully saturated rings. The number of likely N-dealkylation sites (N-methyl/N-ethyl adjacent to an activating group) is 1. The van der Waals surface area contributed by atoms with Crippen molar-refractivity contribution in [3.63, 3.8) is 0 Å². The van der Waals surface area contributed by atoms with Gasteiger partial charge >= 0.3 is 0 Å². The number of hydrogen-bond donors (Lipinski definition) is 3. The van der Waals surface area contributed by atoms with Crippen molar-refractivity contribution < 1.29 is 5.21 Å². The van der Waals surface area contributed by atoms with Gasteiger partial charge in [-0.3, -0.25) is 0 Å². The number of nitrogens with one attached hydrogen (secondary N) is 1. The van der Waals surface area contributed by atoms with Crippen LogP contribution in [0.15, 0.2) is 47.9 Å². The first-order valence-electron chi connectivity index (χ1n) is 10.4. The van der Waals surface area contributed by atoms with E-state index in [4.69, 9.17) is 10.9 Å². The molecule has 4 rings (SSSR count). The molecule has 158 valence electrons. The smallest absolute Gasteiger partial charge is 0.225 e. The van der Waals surface area contributed by atoms with E-state index in [0.29, 0.717) is 17.4 Å². The van der Waals surface area contributed by atoms with Crippen molar-refractivity contribution >= 4 is 23.0 Å². The van der Waals surface area contributed by atoms with E-state index in [0.717, 1.165) is 45.6 Å². The van der Waals surface area contributed by atoms with Crippen LogP contribution in [0, 0.1) is 5.92 Å². The first-order chi connectivity index (χ1) is 14.7. The maximum absolute atomic E-state index is 8.73. The maximum atomic E-state index is 8.73. The van der Waals surface area contributed by atoms with Crippen LogP contribution < -0.4 is 20.9 Å². The van der Waals surface area contributed by atoms with Crippen molar-refractivity contribution in [3.05, 3.63) is 53.9 Å². The van der Waals surface area contributed by atoms with E-state index < -0.39 is 0 Å². The number of aromatic nitrogens is 2. The lowest BCUT2D eigenvalue weighted by atomic mass is 9.96. The topological polar surface area (TPSA) is 103 Å². The number of oxime groups is 1. The molecule has 0 saturated carbocycles. The van der Waals surface area contributed by atoms with E-state index in [1.54, 1.807) is 12.4 Å². The van der Waals surface area contributed by atoms with Crippen LogP contribution in [-0.4, -0.2) is 60.8 Å². The van der Waals surface area contributed by atoms with Crippen LogP contribution in [-0.2, 0) is 0 Å². The zero-order valence-electron chi connectivity index (χ0n) is 17.3. The van der Waals surface area contributed by atoms with E-state index in [1.807, 2.05) is 0 Å². The number of fused-ring (bicyclic) bond motifs is 1. The molecule has 8 nitrogen and oxygen atoms in total. The Bertz CT molecular complexity index is 917. The van der Waals surface area contributed by atoms with E-state index >= 15 is 0 Å². The number of rotatable bonds is 6. The highest BCUT2D eigenvalue weighted by atomic mass is 16.4. The molecule has 1 saturated heterocycles. The largest absolute Gasteiger partial charge is 0.409 e. The maximum Gasteiger partial charge on any atom is 0.225 e. The van der Waals surface area contributed by atoms with Crippen molar-refractivity contribution in [3.8, 4) is 0 Å². The van der Waals surface area contributed by atoms with Gasteiger partial charge in [0.2, 0.25) is 5.95 Å². The Morgan fingerprint density at radius 2 is 1.97 bits per heavy atom. The Kier molecular flexibility index (Phi) is 6.13. The molecule has 0 bridgehead atoms. The van der Waals surface area contributed by atoms with E-state index in [-0.39, 0.29) is 5.84 Å². The molecular formula is C22H29N7O. The van der Waals surface area contributed by atoms with Gasteiger partial charge in [0.15, 0.2) is 5.84 Å². The molecule has 4 N–H and O–H groups in total. The zero-order valence-corrected chi connectivity index (χ0v) is 17.3. The number of benzene rings is 1. The second-order valence-corrected chi connectivity index (χ2v) is 7.95. The molecule has 2 aromatic rings. The Morgan fingerprint density at radius 1 is 1.23 bits per heavy atom. The van der Waals surface area contributed by atoms with E-state index in [1.165, 1.54) is 16.8 Å². The predicted molar refractivity (Wildman–Crippen MR) is 120 cm³/mol. The third-order valence-corrected chi connectivity index (χ3v) is 5.96. The Labute approximate surface area is 177 Å². The van der Waals surface area contributed by atoms with Crippen molar-refractivity contribution in [2.45, 2.75) is 12.8 Å². The summed E-state index contributed by atoms with van der Waals surface area (Å²) in [7, 11) is 2.14. The molecule has 1 aromatic carbocycles. The summed E-state index contributed by atoms with van der Waals surface area (Å²) in [5.41, 5.74) is 10.1. The Balaban J connectivity index is 1.25. The highest BCUT2D eigenvalue weighted by Crippen LogP contribution is 2.30. The first-order valence-corrected chi connectivity index (χ1v) is 10.4. The number of para-hydroxylation sites is 1. The lowest BCUT2D eigenvalue weighted by Gasteiger charge is -2.32. The van der Waals surface area contributed by atoms with Gasteiger partial charge in [0, 0.05) is 56.9 Å². The molecule has 0 amide bonds. The van der Waals surface area contributed by atoms with Crippen LogP contribution in [0.3, 0.4) is 0 Å². The quantitative estimate of drug-likeness (QED) is 0.291. The SMILES string of the molecule is CN1CC=C(CNCC2CCN(c3ncc(C(N)=NO)cn3)CC2)c2ccccc21. The second kappa shape index (κ2) is 9.13. The predicted octanol–water partition coefficient (Wildman–Crippen LogP) is 1.91. The van der Waals surface area contributed by atoms with Crippen molar-refractivity contribution in [2.75, 3.05) is 49.6 Å². The van der Waals surface area contributed by atoms with Crippen molar-refractivity contribution in [1.29, 1.82) is 0 Å². The third-order valence-electron chi connectivity index (χ3n) is 5.96. The summed E-state index contributed by atoms with van der Waals surface area (Å²) >= 11 is 0. The van der Waals surface area contributed by atoms with Crippen LogP contribution in [0.25, 0.3) is 5.57 Å².